The predicted molar refractivity (Wildman–Crippen MR) is 140 cm³/mol. The second-order valence-corrected chi connectivity index (χ2v) is 9.34. The van der Waals surface area contributed by atoms with Gasteiger partial charge in [0.2, 0.25) is 5.91 Å². The van der Waals surface area contributed by atoms with Crippen LogP contribution in [0.15, 0.2) is 70.2 Å². The molecule has 0 spiro atoms. The molecule has 0 bridgehead atoms. The van der Waals surface area contributed by atoms with Crippen LogP contribution in [0.3, 0.4) is 0 Å². The molecule has 0 aliphatic carbocycles. The molecule has 3 rings (SSSR count). The lowest BCUT2D eigenvalue weighted by Crippen LogP contribution is -2.19. The summed E-state index contributed by atoms with van der Waals surface area (Å²) in [5.74, 6) is 0.786. The number of carbonyl (C=O) groups excluding carboxylic acids is 1. The number of halogens is 3. The molecule has 1 N–H and O–H groups in total. The van der Waals surface area contributed by atoms with E-state index >= 15 is 0 Å². The zero-order chi connectivity index (χ0) is 22.9. The maximum absolute atomic E-state index is 12.1. The SMILES string of the molecule is CCOc1cc(/C=N\NC(=O)Cc2ccc(Br)cc2)cc(Cl)c1OCc1ccc(I)cc1. The van der Waals surface area contributed by atoms with E-state index in [1.807, 2.05) is 55.5 Å². The zero-order valence-electron chi connectivity index (χ0n) is 17.3. The van der Waals surface area contributed by atoms with Crippen LogP contribution in [0.1, 0.15) is 23.6 Å². The lowest BCUT2D eigenvalue weighted by atomic mass is 10.1. The summed E-state index contributed by atoms with van der Waals surface area (Å²) in [7, 11) is 0. The van der Waals surface area contributed by atoms with Crippen LogP contribution in [0.4, 0.5) is 0 Å². The van der Waals surface area contributed by atoms with E-state index in [1.165, 1.54) is 6.21 Å². The van der Waals surface area contributed by atoms with Crippen molar-refractivity contribution in [2.45, 2.75) is 20.0 Å². The third-order valence-corrected chi connectivity index (χ3v) is 5.84. The van der Waals surface area contributed by atoms with Gasteiger partial charge in [-0.15, -0.1) is 0 Å². The summed E-state index contributed by atoms with van der Waals surface area (Å²) in [6, 6.07) is 19.1. The van der Waals surface area contributed by atoms with Gasteiger partial charge in [0.15, 0.2) is 11.5 Å². The van der Waals surface area contributed by atoms with Crippen LogP contribution >= 0.6 is 50.1 Å². The Hall–Kier alpha value is -2.10. The van der Waals surface area contributed by atoms with Gasteiger partial charge < -0.3 is 9.47 Å². The highest BCUT2D eigenvalue weighted by Crippen LogP contribution is 2.37. The Morgan fingerprint density at radius 2 is 1.78 bits per heavy atom. The Labute approximate surface area is 214 Å². The van der Waals surface area contributed by atoms with Gasteiger partial charge in [-0.2, -0.15) is 5.10 Å². The van der Waals surface area contributed by atoms with Gasteiger partial charge in [-0.05, 0) is 82.6 Å². The van der Waals surface area contributed by atoms with Crippen molar-refractivity contribution in [3.05, 3.63) is 90.4 Å². The van der Waals surface area contributed by atoms with E-state index < -0.39 is 0 Å². The Morgan fingerprint density at radius 3 is 2.47 bits per heavy atom. The monoisotopic (exact) mass is 626 g/mol. The molecule has 8 heteroatoms. The molecule has 166 valence electrons. The van der Waals surface area contributed by atoms with Crippen molar-refractivity contribution in [3.63, 3.8) is 0 Å². The molecule has 0 unspecified atom stereocenters. The minimum absolute atomic E-state index is 0.211. The van der Waals surface area contributed by atoms with Crippen molar-refractivity contribution >= 4 is 62.2 Å². The van der Waals surface area contributed by atoms with Gasteiger partial charge >= 0.3 is 0 Å². The van der Waals surface area contributed by atoms with Crippen molar-refractivity contribution in [2.75, 3.05) is 6.61 Å². The Bertz CT molecular complexity index is 1090. The third-order valence-electron chi connectivity index (χ3n) is 4.31. The van der Waals surface area contributed by atoms with E-state index in [-0.39, 0.29) is 12.3 Å². The fourth-order valence-electron chi connectivity index (χ4n) is 2.81. The fourth-order valence-corrected chi connectivity index (χ4v) is 3.71. The summed E-state index contributed by atoms with van der Waals surface area (Å²) in [5, 5.41) is 4.45. The van der Waals surface area contributed by atoms with Crippen molar-refractivity contribution < 1.29 is 14.3 Å². The predicted octanol–water partition coefficient (Wildman–Crippen LogP) is 6.38. The maximum Gasteiger partial charge on any atom is 0.244 e. The number of hydrogen-bond donors (Lipinski definition) is 1. The van der Waals surface area contributed by atoms with E-state index in [9.17, 15) is 4.79 Å². The first-order valence-electron chi connectivity index (χ1n) is 9.84. The molecule has 0 heterocycles. The molecule has 0 aromatic heterocycles. The largest absolute Gasteiger partial charge is 0.490 e. The maximum atomic E-state index is 12.1. The van der Waals surface area contributed by atoms with Crippen molar-refractivity contribution in [2.24, 2.45) is 5.10 Å². The van der Waals surface area contributed by atoms with Gasteiger partial charge in [-0.25, -0.2) is 5.43 Å². The highest BCUT2D eigenvalue weighted by molar-refractivity contribution is 14.1. The van der Waals surface area contributed by atoms with Gasteiger partial charge in [0.25, 0.3) is 0 Å². The molecular formula is C24H21BrClIN2O3. The molecule has 0 saturated carbocycles. The van der Waals surface area contributed by atoms with Crippen molar-refractivity contribution in [1.82, 2.24) is 5.43 Å². The highest BCUT2D eigenvalue weighted by Gasteiger charge is 2.13. The number of rotatable bonds is 9. The Kier molecular flexibility index (Phi) is 9.37. The number of nitrogens with one attached hydrogen (secondary N) is 1. The van der Waals surface area contributed by atoms with Crippen LogP contribution in [0.25, 0.3) is 0 Å². The zero-order valence-corrected chi connectivity index (χ0v) is 21.8. The van der Waals surface area contributed by atoms with E-state index in [1.54, 1.807) is 12.1 Å². The minimum atomic E-state index is -0.211. The number of ether oxygens (including phenoxy) is 2. The summed E-state index contributed by atoms with van der Waals surface area (Å²) >= 11 is 12.1. The van der Waals surface area contributed by atoms with E-state index in [0.717, 1.165) is 19.2 Å². The fraction of sp³-hybridized carbons (Fsp3) is 0.167. The molecule has 3 aromatic carbocycles. The lowest BCUT2D eigenvalue weighted by Gasteiger charge is -2.14. The molecule has 3 aromatic rings. The van der Waals surface area contributed by atoms with Crippen LogP contribution in [0.2, 0.25) is 5.02 Å². The summed E-state index contributed by atoms with van der Waals surface area (Å²) in [5.41, 5.74) is 5.15. The number of hydrogen-bond acceptors (Lipinski definition) is 4. The van der Waals surface area contributed by atoms with Gasteiger partial charge in [0.1, 0.15) is 6.61 Å². The van der Waals surface area contributed by atoms with Crippen LogP contribution in [0.5, 0.6) is 11.5 Å². The summed E-state index contributed by atoms with van der Waals surface area (Å²) < 4.78 is 13.8. The second-order valence-electron chi connectivity index (χ2n) is 6.77. The Morgan fingerprint density at radius 1 is 1.09 bits per heavy atom. The summed E-state index contributed by atoms with van der Waals surface area (Å²) in [6.07, 6.45) is 1.76. The number of amides is 1. The van der Waals surface area contributed by atoms with E-state index in [4.69, 9.17) is 21.1 Å². The number of nitrogens with zero attached hydrogens (tertiary/aromatic N) is 1. The summed E-state index contributed by atoms with van der Waals surface area (Å²) in [4.78, 5) is 12.1. The molecule has 0 saturated heterocycles. The molecule has 0 radical (unpaired) electrons. The highest BCUT2D eigenvalue weighted by atomic mass is 127. The van der Waals surface area contributed by atoms with Crippen molar-refractivity contribution in [3.8, 4) is 11.5 Å². The van der Waals surface area contributed by atoms with Crippen LogP contribution in [-0.4, -0.2) is 18.7 Å². The molecular weight excluding hydrogens is 607 g/mol. The van der Waals surface area contributed by atoms with Gasteiger partial charge in [-0.3, -0.25) is 4.79 Å². The third kappa shape index (κ3) is 7.50. The molecule has 32 heavy (non-hydrogen) atoms. The smallest absolute Gasteiger partial charge is 0.244 e. The van der Waals surface area contributed by atoms with Crippen LogP contribution in [0, 0.1) is 3.57 Å². The average Bonchev–Trinajstić information content (AvgIpc) is 2.76. The first kappa shape index (κ1) is 24.5. The normalized spacial score (nSPS) is 10.9. The van der Waals surface area contributed by atoms with Gasteiger partial charge in [-0.1, -0.05) is 51.8 Å². The number of carbonyl (C=O) groups is 1. The van der Waals surface area contributed by atoms with Gasteiger partial charge in [0, 0.05) is 8.04 Å². The number of hydrazone groups is 1. The first-order chi connectivity index (χ1) is 15.4. The van der Waals surface area contributed by atoms with E-state index in [0.29, 0.717) is 35.3 Å². The van der Waals surface area contributed by atoms with Crippen molar-refractivity contribution in [1.29, 1.82) is 0 Å². The summed E-state index contributed by atoms with van der Waals surface area (Å²) in [6.45, 7) is 2.72. The van der Waals surface area contributed by atoms with Crippen LogP contribution in [-0.2, 0) is 17.8 Å². The average molecular weight is 628 g/mol. The molecule has 0 fully saturated rings. The van der Waals surface area contributed by atoms with E-state index in [2.05, 4.69) is 49.0 Å². The standard InChI is InChI=1S/C24H21BrClIN2O3/c1-2-31-22-12-18(14-28-29-23(30)13-16-3-7-19(25)8-4-16)11-21(26)24(22)32-15-17-5-9-20(27)10-6-17/h3-12,14H,2,13,15H2,1H3,(H,29,30)/b28-14-. The van der Waals surface area contributed by atoms with Gasteiger partial charge in [0.05, 0.1) is 24.3 Å². The molecule has 5 nitrogen and oxygen atoms in total. The Balaban J connectivity index is 1.65. The molecule has 0 aliphatic rings. The quantitative estimate of drug-likeness (QED) is 0.170. The topological polar surface area (TPSA) is 59.9 Å². The molecule has 0 atom stereocenters. The van der Waals surface area contributed by atoms with Crippen LogP contribution < -0.4 is 14.9 Å². The molecule has 0 aliphatic heterocycles. The first-order valence-corrected chi connectivity index (χ1v) is 12.1. The molecule has 1 amide bonds. The second kappa shape index (κ2) is 12.2. The minimum Gasteiger partial charge on any atom is -0.490 e. The number of benzene rings is 3. The lowest BCUT2D eigenvalue weighted by molar-refractivity contribution is -0.120.